The minimum absolute atomic E-state index is 0.476. The van der Waals surface area contributed by atoms with Crippen molar-refractivity contribution >= 4 is 11.8 Å². The minimum Gasteiger partial charge on any atom is -0.312 e. The van der Waals surface area contributed by atoms with Gasteiger partial charge in [-0.25, -0.2) is 0 Å². The predicted molar refractivity (Wildman–Crippen MR) is 80.7 cm³/mol. The number of rotatable bonds is 5. The Bertz CT molecular complexity index is 215. The van der Waals surface area contributed by atoms with Crippen molar-refractivity contribution in [2.75, 3.05) is 18.1 Å². The second kappa shape index (κ2) is 6.47. The fraction of sp³-hybridized carbons (Fsp3) is 1.00. The van der Waals surface area contributed by atoms with E-state index in [0.717, 1.165) is 17.8 Å². The van der Waals surface area contributed by atoms with Gasteiger partial charge >= 0.3 is 0 Å². The van der Waals surface area contributed by atoms with Crippen molar-refractivity contribution < 1.29 is 0 Å². The van der Waals surface area contributed by atoms with Gasteiger partial charge in [0.1, 0.15) is 0 Å². The van der Waals surface area contributed by atoms with Crippen LogP contribution in [0.4, 0.5) is 0 Å². The molecule has 0 aliphatic carbocycles. The van der Waals surface area contributed by atoms with Crippen molar-refractivity contribution in [3.8, 4) is 0 Å². The van der Waals surface area contributed by atoms with E-state index < -0.39 is 0 Å². The lowest BCUT2D eigenvalue weighted by atomic mass is 9.80. The average Bonchev–Trinajstić information content (AvgIpc) is 2.19. The normalized spacial score (nSPS) is 24.9. The Hall–Kier alpha value is 0.310. The van der Waals surface area contributed by atoms with E-state index in [1.54, 1.807) is 0 Å². The van der Waals surface area contributed by atoms with Gasteiger partial charge in [-0.15, -0.1) is 0 Å². The number of thioether (sulfide) groups is 1. The van der Waals surface area contributed by atoms with E-state index in [-0.39, 0.29) is 0 Å². The molecule has 0 spiro atoms. The Morgan fingerprint density at radius 2 is 1.76 bits per heavy atom. The molecule has 0 bridgehead atoms. The molecule has 0 radical (unpaired) electrons. The molecule has 0 aromatic carbocycles. The molecule has 2 heteroatoms. The van der Waals surface area contributed by atoms with Crippen LogP contribution >= 0.6 is 11.8 Å². The van der Waals surface area contributed by atoms with Gasteiger partial charge in [-0.3, -0.25) is 0 Å². The van der Waals surface area contributed by atoms with Gasteiger partial charge in [-0.1, -0.05) is 41.5 Å². The first-order valence-corrected chi connectivity index (χ1v) is 8.31. The highest BCUT2D eigenvalue weighted by Gasteiger charge is 2.32. The van der Waals surface area contributed by atoms with Crippen LogP contribution < -0.4 is 5.32 Å². The van der Waals surface area contributed by atoms with Gasteiger partial charge in [-0.05, 0) is 41.9 Å². The van der Waals surface area contributed by atoms with Crippen molar-refractivity contribution in [3.63, 3.8) is 0 Å². The van der Waals surface area contributed by atoms with Crippen LogP contribution in [0.1, 0.15) is 48.0 Å². The molecule has 1 nitrogen and oxygen atoms in total. The van der Waals surface area contributed by atoms with Gasteiger partial charge in [-0.2, -0.15) is 11.8 Å². The van der Waals surface area contributed by atoms with Crippen LogP contribution in [0.2, 0.25) is 0 Å². The fourth-order valence-electron chi connectivity index (χ4n) is 2.79. The summed E-state index contributed by atoms with van der Waals surface area (Å²) in [4.78, 5) is 0. The summed E-state index contributed by atoms with van der Waals surface area (Å²) < 4.78 is 0. The van der Waals surface area contributed by atoms with Crippen LogP contribution in [-0.2, 0) is 0 Å². The molecule has 0 amide bonds. The van der Waals surface area contributed by atoms with E-state index in [2.05, 4.69) is 58.6 Å². The molecule has 1 saturated heterocycles. The monoisotopic (exact) mass is 257 g/mol. The highest BCUT2D eigenvalue weighted by atomic mass is 32.2. The van der Waals surface area contributed by atoms with E-state index in [1.807, 2.05) is 0 Å². The van der Waals surface area contributed by atoms with E-state index in [9.17, 15) is 0 Å². The van der Waals surface area contributed by atoms with E-state index in [1.165, 1.54) is 24.5 Å². The lowest BCUT2D eigenvalue weighted by Crippen LogP contribution is -2.49. The zero-order valence-corrected chi connectivity index (χ0v) is 13.4. The second-order valence-corrected chi connectivity index (χ2v) is 8.08. The maximum Gasteiger partial charge on any atom is 0.0209 e. The summed E-state index contributed by atoms with van der Waals surface area (Å²) in [6.07, 6.45) is 1.35. The van der Waals surface area contributed by atoms with E-state index in [4.69, 9.17) is 0 Å². The summed E-state index contributed by atoms with van der Waals surface area (Å²) in [5.41, 5.74) is 0.476. The first-order chi connectivity index (χ1) is 7.84. The molecule has 1 unspecified atom stereocenters. The van der Waals surface area contributed by atoms with E-state index in [0.29, 0.717) is 11.5 Å². The van der Waals surface area contributed by atoms with Gasteiger partial charge in [0.2, 0.25) is 0 Å². The molecule has 17 heavy (non-hydrogen) atoms. The quantitative estimate of drug-likeness (QED) is 0.798. The third-order valence-corrected chi connectivity index (χ3v) is 5.49. The molecular weight excluding hydrogens is 226 g/mol. The van der Waals surface area contributed by atoms with Crippen LogP contribution in [0.25, 0.3) is 0 Å². The van der Waals surface area contributed by atoms with Crippen molar-refractivity contribution in [2.24, 2.45) is 23.2 Å². The topological polar surface area (TPSA) is 12.0 Å². The highest BCUT2D eigenvalue weighted by molar-refractivity contribution is 7.99. The number of hydrogen-bond acceptors (Lipinski definition) is 2. The maximum atomic E-state index is 3.85. The zero-order valence-electron chi connectivity index (χ0n) is 12.5. The maximum absolute atomic E-state index is 3.85. The first kappa shape index (κ1) is 15.4. The van der Waals surface area contributed by atoms with Crippen LogP contribution in [-0.4, -0.2) is 24.1 Å². The average molecular weight is 257 g/mol. The van der Waals surface area contributed by atoms with Gasteiger partial charge < -0.3 is 5.32 Å². The largest absolute Gasteiger partial charge is 0.312 e. The van der Waals surface area contributed by atoms with E-state index >= 15 is 0 Å². The van der Waals surface area contributed by atoms with Gasteiger partial charge in [0.15, 0.2) is 0 Å². The molecule has 1 atom stereocenters. The summed E-state index contributed by atoms with van der Waals surface area (Å²) in [7, 11) is 0. The second-order valence-electron chi connectivity index (χ2n) is 6.93. The smallest absolute Gasteiger partial charge is 0.0209 e. The van der Waals surface area contributed by atoms with Crippen LogP contribution in [0.5, 0.6) is 0 Å². The van der Waals surface area contributed by atoms with Gasteiger partial charge in [0, 0.05) is 11.8 Å². The molecule has 1 rings (SSSR count). The lowest BCUT2D eigenvalue weighted by molar-refractivity contribution is 0.206. The van der Waals surface area contributed by atoms with Gasteiger partial charge in [0.25, 0.3) is 0 Å². The SMILES string of the molecule is CC(C)C(CNC1CSCCC1(C)C)C(C)C. The predicted octanol–water partition coefficient (Wildman–Crippen LogP) is 4.04. The summed E-state index contributed by atoms with van der Waals surface area (Å²) >= 11 is 2.11. The summed E-state index contributed by atoms with van der Waals surface area (Å²) in [6, 6.07) is 0.696. The Labute approximate surface area is 113 Å². The Morgan fingerprint density at radius 3 is 2.24 bits per heavy atom. The van der Waals surface area contributed by atoms with Crippen LogP contribution in [0.15, 0.2) is 0 Å². The molecule has 1 N–H and O–H groups in total. The van der Waals surface area contributed by atoms with Crippen molar-refractivity contribution in [1.82, 2.24) is 5.32 Å². The molecule has 1 heterocycles. The van der Waals surface area contributed by atoms with Crippen molar-refractivity contribution in [1.29, 1.82) is 0 Å². The number of hydrogen-bond donors (Lipinski definition) is 1. The molecule has 1 aliphatic rings. The molecule has 1 aliphatic heterocycles. The molecule has 0 saturated carbocycles. The Kier molecular flexibility index (Phi) is 5.85. The summed E-state index contributed by atoms with van der Waals surface area (Å²) in [5.74, 6) is 4.99. The van der Waals surface area contributed by atoms with Crippen molar-refractivity contribution in [2.45, 2.75) is 54.0 Å². The molecular formula is C15H31NS. The minimum atomic E-state index is 0.476. The fourth-order valence-corrected chi connectivity index (χ4v) is 4.43. The molecule has 102 valence electrons. The number of nitrogens with one attached hydrogen (secondary N) is 1. The Morgan fingerprint density at radius 1 is 1.18 bits per heavy atom. The third kappa shape index (κ3) is 4.48. The first-order valence-electron chi connectivity index (χ1n) is 7.15. The molecule has 0 aromatic heterocycles. The highest BCUT2D eigenvalue weighted by Crippen LogP contribution is 2.34. The standard InChI is InChI=1S/C15H31NS/c1-11(2)13(12(3)4)9-16-14-10-17-8-7-15(14,5)6/h11-14,16H,7-10H2,1-6H3. The zero-order chi connectivity index (χ0) is 13.1. The van der Waals surface area contributed by atoms with Gasteiger partial charge in [0.05, 0.1) is 0 Å². The summed E-state index contributed by atoms with van der Waals surface area (Å²) in [6.45, 7) is 15.4. The van der Waals surface area contributed by atoms with Crippen LogP contribution in [0.3, 0.4) is 0 Å². The van der Waals surface area contributed by atoms with Crippen molar-refractivity contribution in [3.05, 3.63) is 0 Å². The molecule has 0 aromatic rings. The lowest BCUT2D eigenvalue weighted by Gasteiger charge is -2.40. The third-order valence-electron chi connectivity index (χ3n) is 4.43. The summed E-state index contributed by atoms with van der Waals surface area (Å²) in [5, 5.41) is 3.85. The van der Waals surface area contributed by atoms with Crippen LogP contribution in [0, 0.1) is 23.2 Å². The Balaban J connectivity index is 2.47. The molecule has 1 fully saturated rings.